The van der Waals surface area contributed by atoms with Crippen molar-refractivity contribution >= 4 is 11.7 Å². The maximum Gasteiger partial charge on any atom is 0.405 e. The second-order valence-electron chi connectivity index (χ2n) is 5.14. The minimum absolute atomic E-state index is 0.0722. The standard InChI is InChI=1S/C14H16F3N5O/c15-14(16,17)10-20-12(23)9-21-4-6-22(7-5-21)13-11(8-18)2-1-3-19-13/h1-3H,4-7,9-10H2,(H,20,23). The lowest BCUT2D eigenvalue weighted by Crippen LogP contribution is -2.50. The third-order valence-corrected chi connectivity index (χ3v) is 3.43. The minimum atomic E-state index is -4.40. The molecule has 2 heterocycles. The molecule has 23 heavy (non-hydrogen) atoms. The van der Waals surface area contributed by atoms with E-state index in [4.69, 9.17) is 5.26 Å². The second-order valence-corrected chi connectivity index (χ2v) is 5.14. The average molecular weight is 327 g/mol. The lowest BCUT2D eigenvalue weighted by molar-refractivity contribution is -0.139. The molecule has 0 bridgehead atoms. The van der Waals surface area contributed by atoms with Gasteiger partial charge in [0.1, 0.15) is 18.4 Å². The Morgan fingerprint density at radius 3 is 2.65 bits per heavy atom. The zero-order valence-corrected chi connectivity index (χ0v) is 12.3. The van der Waals surface area contributed by atoms with Gasteiger partial charge >= 0.3 is 6.18 Å². The number of carbonyl (C=O) groups is 1. The number of rotatable bonds is 4. The van der Waals surface area contributed by atoms with Gasteiger partial charge in [-0.05, 0) is 12.1 Å². The van der Waals surface area contributed by atoms with Crippen molar-refractivity contribution in [2.24, 2.45) is 0 Å². The monoisotopic (exact) mass is 327 g/mol. The van der Waals surface area contributed by atoms with Gasteiger partial charge in [-0.2, -0.15) is 18.4 Å². The molecule has 0 aromatic carbocycles. The summed E-state index contributed by atoms with van der Waals surface area (Å²) in [6, 6.07) is 5.44. The van der Waals surface area contributed by atoms with Gasteiger partial charge in [-0.25, -0.2) is 4.98 Å². The molecule has 0 unspecified atom stereocenters. The SMILES string of the molecule is N#Cc1cccnc1N1CCN(CC(=O)NCC(F)(F)F)CC1. The molecule has 1 N–H and O–H groups in total. The van der Waals surface area contributed by atoms with Crippen LogP contribution in [0.15, 0.2) is 18.3 Å². The van der Waals surface area contributed by atoms with Crippen LogP contribution in [0.4, 0.5) is 19.0 Å². The van der Waals surface area contributed by atoms with Gasteiger partial charge in [0.05, 0.1) is 12.1 Å². The topological polar surface area (TPSA) is 72.3 Å². The first kappa shape index (κ1) is 17.0. The molecule has 1 aliphatic rings. The van der Waals surface area contributed by atoms with Crippen molar-refractivity contribution in [2.45, 2.75) is 6.18 Å². The molecule has 1 fully saturated rings. The Morgan fingerprint density at radius 1 is 1.35 bits per heavy atom. The van der Waals surface area contributed by atoms with E-state index in [1.165, 1.54) is 0 Å². The van der Waals surface area contributed by atoms with E-state index in [0.29, 0.717) is 37.6 Å². The van der Waals surface area contributed by atoms with Gasteiger partial charge < -0.3 is 10.2 Å². The molecule has 0 atom stereocenters. The largest absolute Gasteiger partial charge is 0.405 e. The predicted octanol–water partition coefficient (Wildman–Crippen LogP) is 0.754. The van der Waals surface area contributed by atoms with Crippen LogP contribution in [0.2, 0.25) is 0 Å². The summed E-state index contributed by atoms with van der Waals surface area (Å²) >= 11 is 0. The normalized spacial score (nSPS) is 16.0. The van der Waals surface area contributed by atoms with E-state index in [-0.39, 0.29) is 6.54 Å². The number of amides is 1. The Hall–Kier alpha value is -2.34. The van der Waals surface area contributed by atoms with Crippen LogP contribution in [0.5, 0.6) is 0 Å². The average Bonchev–Trinajstić information content (AvgIpc) is 2.53. The molecule has 1 saturated heterocycles. The van der Waals surface area contributed by atoms with Crippen molar-refractivity contribution in [1.29, 1.82) is 5.26 Å². The summed E-state index contributed by atoms with van der Waals surface area (Å²) in [6.45, 7) is 0.751. The van der Waals surface area contributed by atoms with Crippen molar-refractivity contribution in [3.05, 3.63) is 23.9 Å². The summed E-state index contributed by atoms with van der Waals surface area (Å²) in [4.78, 5) is 19.4. The van der Waals surface area contributed by atoms with Gasteiger partial charge in [0.15, 0.2) is 0 Å². The molecule has 1 aromatic heterocycles. The second kappa shape index (κ2) is 7.28. The molecule has 1 aromatic rings. The summed E-state index contributed by atoms with van der Waals surface area (Å²) in [5, 5.41) is 10.9. The van der Waals surface area contributed by atoms with Crippen LogP contribution in [0.1, 0.15) is 5.56 Å². The third-order valence-electron chi connectivity index (χ3n) is 3.43. The number of pyridine rings is 1. The summed E-state index contributed by atoms with van der Waals surface area (Å²) in [5.74, 6) is -0.0532. The number of hydrogen-bond donors (Lipinski definition) is 1. The van der Waals surface area contributed by atoms with Crippen molar-refractivity contribution in [1.82, 2.24) is 15.2 Å². The van der Waals surface area contributed by atoms with Crippen LogP contribution in [0, 0.1) is 11.3 Å². The van der Waals surface area contributed by atoms with Crippen LogP contribution >= 0.6 is 0 Å². The summed E-state index contributed by atoms with van der Waals surface area (Å²) in [5.41, 5.74) is 0.476. The molecule has 2 rings (SSSR count). The molecule has 0 saturated carbocycles. The van der Waals surface area contributed by atoms with Gasteiger partial charge in [0.25, 0.3) is 0 Å². The van der Waals surface area contributed by atoms with Crippen molar-refractivity contribution < 1.29 is 18.0 Å². The van der Waals surface area contributed by atoms with E-state index in [9.17, 15) is 18.0 Å². The first-order chi connectivity index (χ1) is 10.9. The molecule has 124 valence electrons. The van der Waals surface area contributed by atoms with Crippen molar-refractivity contribution in [2.75, 3.05) is 44.2 Å². The number of aromatic nitrogens is 1. The molecule has 0 aliphatic carbocycles. The van der Waals surface area contributed by atoms with Crippen LogP contribution in [-0.2, 0) is 4.79 Å². The maximum atomic E-state index is 12.0. The highest BCUT2D eigenvalue weighted by molar-refractivity contribution is 5.78. The first-order valence-electron chi connectivity index (χ1n) is 7.05. The van der Waals surface area contributed by atoms with E-state index >= 15 is 0 Å². The highest BCUT2D eigenvalue weighted by atomic mass is 19.4. The molecule has 1 amide bonds. The molecule has 6 nitrogen and oxygen atoms in total. The maximum absolute atomic E-state index is 12.0. The van der Waals surface area contributed by atoms with Crippen LogP contribution in [-0.4, -0.2) is 61.2 Å². The van der Waals surface area contributed by atoms with Crippen molar-refractivity contribution in [3.63, 3.8) is 0 Å². The fourth-order valence-electron chi connectivity index (χ4n) is 2.31. The Bertz CT molecular complexity index is 591. The van der Waals surface area contributed by atoms with E-state index in [2.05, 4.69) is 11.1 Å². The van der Waals surface area contributed by atoms with Gasteiger partial charge in [0.2, 0.25) is 5.91 Å². The summed E-state index contributed by atoms with van der Waals surface area (Å²) in [6.07, 6.45) is -2.80. The van der Waals surface area contributed by atoms with Gasteiger partial charge in [-0.15, -0.1) is 0 Å². The fourth-order valence-corrected chi connectivity index (χ4v) is 2.31. The van der Waals surface area contributed by atoms with Crippen LogP contribution in [0.3, 0.4) is 0 Å². The Balaban J connectivity index is 1.82. The lowest BCUT2D eigenvalue weighted by atomic mass is 10.2. The zero-order valence-electron chi connectivity index (χ0n) is 12.3. The van der Waals surface area contributed by atoms with E-state index in [0.717, 1.165) is 0 Å². The summed E-state index contributed by atoms with van der Waals surface area (Å²) < 4.78 is 36.1. The summed E-state index contributed by atoms with van der Waals surface area (Å²) in [7, 11) is 0. The number of hydrogen-bond acceptors (Lipinski definition) is 5. The highest BCUT2D eigenvalue weighted by Gasteiger charge is 2.28. The Labute approximate surface area is 131 Å². The third kappa shape index (κ3) is 5.10. The zero-order chi connectivity index (χ0) is 16.9. The Kier molecular flexibility index (Phi) is 5.39. The van der Waals surface area contributed by atoms with Gasteiger partial charge in [-0.1, -0.05) is 0 Å². The lowest BCUT2D eigenvalue weighted by Gasteiger charge is -2.35. The quantitative estimate of drug-likeness (QED) is 0.884. The van der Waals surface area contributed by atoms with Gasteiger partial charge in [0, 0.05) is 32.4 Å². The molecular formula is C14H16F3N5O. The number of halogens is 3. The number of carbonyl (C=O) groups excluding carboxylic acids is 1. The Morgan fingerprint density at radius 2 is 2.04 bits per heavy atom. The highest BCUT2D eigenvalue weighted by Crippen LogP contribution is 2.18. The van der Waals surface area contributed by atoms with Gasteiger partial charge in [-0.3, -0.25) is 9.69 Å². The van der Waals surface area contributed by atoms with Crippen molar-refractivity contribution in [3.8, 4) is 6.07 Å². The van der Waals surface area contributed by atoms with Crippen LogP contribution in [0.25, 0.3) is 0 Å². The number of nitrogens with one attached hydrogen (secondary N) is 1. The number of alkyl halides is 3. The van der Waals surface area contributed by atoms with E-state index < -0.39 is 18.6 Å². The van der Waals surface area contributed by atoms with E-state index in [1.54, 1.807) is 23.2 Å². The van der Waals surface area contributed by atoms with Crippen LogP contribution < -0.4 is 10.2 Å². The van der Waals surface area contributed by atoms with E-state index in [1.807, 2.05) is 10.2 Å². The molecule has 1 aliphatic heterocycles. The molecular weight excluding hydrogens is 311 g/mol. The number of nitriles is 1. The minimum Gasteiger partial charge on any atom is -0.353 e. The predicted molar refractivity (Wildman–Crippen MR) is 76.7 cm³/mol. The molecule has 0 radical (unpaired) electrons. The number of piperazine rings is 1. The fraction of sp³-hybridized carbons (Fsp3) is 0.500. The first-order valence-corrected chi connectivity index (χ1v) is 7.05. The number of anilines is 1. The molecule has 9 heteroatoms. The molecule has 0 spiro atoms. The smallest absolute Gasteiger partial charge is 0.353 e. The number of nitrogens with zero attached hydrogens (tertiary/aromatic N) is 4.